The van der Waals surface area contributed by atoms with Crippen LogP contribution in [0.5, 0.6) is 0 Å². The van der Waals surface area contributed by atoms with Crippen molar-refractivity contribution in [3.63, 3.8) is 0 Å². The van der Waals surface area contributed by atoms with E-state index in [1.807, 2.05) is 6.08 Å². The predicted octanol–water partition coefficient (Wildman–Crippen LogP) is 2.54. The zero-order valence-corrected chi connectivity index (χ0v) is 7.80. The number of carboxylic acid groups (broad SMARTS) is 1. The highest BCUT2D eigenvalue weighted by molar-refractivity contribution is 9.12. The average molecular weight is 219 g/mol. The van der Waals surface area contributed by atoms with E-state index in [1.54, 1.807) is 0 Å². The molecule has 0 aromatic carbocycles. The fraction of sp³-hybridized carbons (Fsp3) is 0.625. The number of hydrogen-bond acceptors (Lipinski definition) is 1. The monoisotopic (exact) mass is 218 g/mol. The van der Waals surface area contributed by atoms with Crippen molar-refractivity contribution in [2.75, 3.05) is 0 Å². The number of carbonyl (C=O) groups is 1. The molecule has 1 fully saturated rings. The van der Waals surface area contributed by atoms with E-state index in [-0.39, 0.29) is 0 Å². The molecule has 0 aromatic rings. The van der Waals surface area contributed by atoms with Gasteiger partial charge in [0.1, 0.15) is 0 Å². The van der Waals surface area contributed by atoms with Gasteiger partial charge in [0.25, 0.3) is 0 Å². The standard InChI is InChI=1S/C8H11BrO2/c9-7(8(10)11)5-6-3-1-2-4-6/h5-6H,1-4H2,(H,10,11). The number of halogens is 1. The van der Waals surface area contributed by atoms with Crippen molar-refractivity contribution in [2.45, 2.75) is 25.7 Å². The third-order valence-corrected chi connectivity index (χ3v) is 2.59. The Balaban J connectivity index is 2.49. The van der Waals surface area contributed by atoms with Crippen molar-refractivity contribution in [2.24, 2.45) is 5.92 Å². The van der Waals surface area contributed by atoms with Crippen LogP contribution < -0.4 is 0 Å². The molecule has 0 aliphatic heterocycles. The molecule has 11 heavy (non-hydrogen) atoms. The maximum Gasteiger partial charge on any atom is 0.342 e. The van der Waals surface area contributed by atoms with Crippen LogP contribution in [-0.2, 0) is 4.79 Å². The maximum atomic E-state index is 10.4. The second kappa shape index (κ2) is 3.90. The minimum atomic E-state index is -0.864. The lowest BCUT2D eigenvalue weighted by Crippen LogP contribution is -1.96. The molecule has 0 saturated heterocycles. The Labute approximate surface area is 74.4 Å². The zero-order valence-electron chi connectivity index (χ0n) is 6.22. The molecule has 1 N–H and O–H groups in total. The summed E-state index contributed by atoms with van der Waals surface area (Å²) in [6.07, 6.45) is 6.57. The first-order valence-electron chi connectivity index (χ1n) is 3.81. The summed E-state index contributed by atoms with van der Waals surface area (Å²) in [5, 5.41) is 8.53. The summed E-state index contributed by atoms with van der Waals surface area (Å²) < 4.78 is 0.310. The van der Waals surface area contributed by atoms with Gasteiger partial charge >= 0.3 is 5.97 Å². The van der Waals surface area contributed by atoms with E-state index < -0.39 is 5.97 Å². The molecule has 0 spiro atoms. The van der Waals surface area contributed by atoms with E-state index in [4.69, 9.17) is 5.11 Å². The third kappa shape index (κ3) is 2.66. The summed E-state index contributed by atoms with van der Waals surface area (Å²) in [4.78, 5) is 10.4. The molecular formula is C8H11BrO2. The second-order valence-electron chi connectivity index (χ2n) is 2.86. The van der Waals surface area contributed by atoms with Gasteiger partial charge in [-0.1, -0.05) is 18.9 Å². The van der Waals surface area contributed by atoms with Crippen LogP contribution in [0.1, 0.15) is 25.7 Å². The van der Waals surface area contributed by atoms with Crippen molar-refractivity contribution in [3.05, 3.63) is 10.6 Å². The predicted molar refractivity (Wildman–Crippen MR) is 46.6 cm³/mol. The molecule has 1 saturated carbocycles. The summed E-state index contributed by atoms with van der Waals surface area (Å²) in [6.45, 7) is 0. The molecule has 0 heterocycles. The molecule has 1 aliphatic carbocycles. The van der Waals surface area contributed by atoms with Crippen molar-refractivity contribution in [1.82, 2.24) is 0 Å². The first kappa shape index (κ1) is 8.78. The van der Waals surface area contributed by atoms with Crippen molar-refractivity contribution < 1.29 is 9.90 Å². The van der Waals surface area contributed by atoms with E-state index in [0.717, 1.165) is 12.8 Å². The Morgan fingerprint density at radius 2 is 2.00 bits per heavy atom. The van der Waals surface area contributed by atoms with Gasteiger partial charge in [0.2, 0.25) is 0 Å². The summed E-state index contributed by atoms with van der Waals surface area (Å²) in [6, 6.07) is 0. The van der Waals surface area contributed by atoms with Crippen molar-refractivity contribution >= 4 is 21.9 Å². The van der Waals surface area contributed by atoms with Crippen LogP contribution in [0.4, 0.5) is 0 Å². The van der Waals surface area contributed by atoms with Gasteiger partial charge in [-0.05, 0) is 34.7 Å². The topological polar surface area (TPSA) is 37.3 Å². The van der Waals surface area contributed by atoms with Gasteiger partial charge in [-0.2, -0.15) is 0 Å². The SMILES string of the molecule is O=C(O)C(Br)=CC1CCCC1. The highest BCUT2D eigenvalue weighted by atomic mass is 79.9. The Kier molecular flexibility index (Phi) is 3.12. The Hall–Kier alpha value is -0.310. The average Bonchev–Trinajstić information content (AvgIpc) is 2.39. The van der Waals surface area contributed by atoms with Crippen LogP contribution in [0.2, 0.25) is 0 Å². The maximum absolute atomic E-state index is 10.4. The summed E-state index contributed by atoms with van der Waals surface area (Å²) in [5.41, 5.74) is 0. The van der Waals surface area contributed by atoms with Gasteiger partial charge in [0, 0.05) is 0 Å². The first-order chi connectivity index (χ1) is 5.20. The molecular weight excluding hydrogens is 208 g/mol. The summed E-state index contributed by atoms with van der Waals surface area (Å²) in [5.74, 6) is -0.377. The molecule has 0 aromatic heterocycles. The third-order valence-electron chi connectivity index (χ3n) is 1.99. The van der Waals surface area contributed by atoms with Crippen LogP contribution >= 0.6 is 15.9 Å². The molecule has 0 radical (unpaired) electrons. The van der Waals surface area contributed by atoms with Crippen LogP contribution in [-0.4, -0.2) is 11.1 Å². The van der Waals surface area contributed by atoms with E-state index >= 15 is 0 Å². The number of carboxylic acids is 1. The fourth-order valence-electron chi connectivity index (χ4n) is 1.40. The van der Waals surface area contributed by atoms with Crippen molar-refractivity contribution in [1.29, 1.82) is 0 Å². The molecule has 1 aliphatic rings. The van der Waals surface area contributed by atoms with Crippen molar-refractivity contribution in [3.8, 4) is 0 Å². The highest BCUT2D eigenvalue weighted by Crippen LogP contribution is 2.27. The van der Waals surface area contributed by atoms with E-state index in [0.29, 0.717) is 10.4 Å². The van der Waals surface area contributed by atoms with Crippen LogP contribution in [0.3, 0.4) is 0 Å². The van der Waals surface area contributed by atoms with Gasteiger partial charge in [-0.25, -0.2) is 4.79 Å². The minimum absolute atomic E-state index is 0.310. The number of allylic oxidation sites excluding steroid dienone is 1. The van der Waals surface area contributed by atoms with Crippen LogP contribution in [0, 0.1) is 5.92 Å². The quantitative estimate of drug-likeness (QED) is 0.724. The molecule has 1 rings (SSSR count). The number of hydrogen-bond donors (Lipinski definition) is 1. The van der Waals surface area contributed by atoms with Crippen LogP contribution in [0.15, 0.2) is 10.6 Å². The molecule has 0 amide bonds. The second-order valence-corrected chi connectivity index (χ2v) is 3.72. The Morgan fingerprint density at radius 3 is 2.45 bits per heavy atom. The number of rotatable bonds is 2. The highest BCUT2D eigenvalue weighted by Gasteiger charge is 2.14. The van der Waals surface area contributed by atoms with E-state index in [1.165, 1.54) is 12.8 Å². The number of aliphatic carboxylic acids is 1. The van der Waals surface area contributed by atoms with Gasteiger partial charge in [0.05, 0.1) is 4.48 Å². The molecule has 0 unspecified atom stereocenters. The van der Waals surface area contributed by atoms with E-state index in [9.17, 15) is 4.79 Å². The van der Waals surface area contributed by atoms with E-state index in [2.05, 4.69) is 15.9 Å². The van der Waals surface area contributed by atoms with Gasteiger partial charge < -0.3 is 5.11 Å². The molecule has 0 bridgehead atoms. The molecule has 2 nitrogen and oxygen atoms in total. The van der Waals surface area contributed by atoms with Crippen LogP contribution in [0.25, 0.3) is 0 Å². The molecule has 0 atom stereocenters. The van der Waals surface area contributed by atoms with Gasteiger partial charge in [-0.3, -0.25) is 0 Å². The summed E-state index contributed by atoms with van der Waals surface area (Å²) >= 11 is 3.01. The van der Waals surface area contributed by atoms with Gasteiger partial charge in [0.15, 0.2) is 0 Å². The largest absolute Gasteiger partial charge is 0.477 e. The fourth-order valence-corrected chi connectivity index (χ4v) is 1.78. The Bertz CT molecular complexity index is 181. The lowest BCUT2D eigenvalue weighted by atomic mass is 10.1. The smallest absolute Gasteiger partial charge is 0.342 e. The first-order valence-corrected chi connectivity index (χ1v) is 4.60. The minimum Gasteiger partial charge on any atom is -0.477 e. The lowest BCUT2D eigenvalue weighted by molar-refractivity contribution is -0.131. The summed E-state index contributed by atoms with van der Waals surface area (Å²) in [7, 11) is 0. The van der Waals surface area contributed by atoms with Gasteiger partial charge in [-0.15, -0.1) is 0 Å². The molecule has 62 valence electrons. The molecule has 3 heteroatoms. The normalized spacial score (nSPS) is 20.6. The zero-order chi connectivity index (χ0) is 8.27. The Morgan fingerprint density at radius 1 is 1.45 bits per heavy atom. The lowest BCUT2D eigenvalue weighted by Gasteiger charge is -2.00.